The molecule has 1 aromatic heterocycles. The zero-order valence-electron chi connectivity index (χ0n) is 17.3. The molecule has 2 aromatic rings. The molecule has 1 fully saturated rings. The largest absolute Gasteiger partial charge is 0.379 e. The summed E-state index contributed by atoms with van der Waals surface area (Å²) >= 11 is 1.67. The Morgan fingerprint density at radius 2 is 1.87 bits per heavy atom. The summed E-state index contributed by atoms with van der Waals surface area (Å²) in [6, 6.07) is 8.74. The van der Waals surface area contributed by atoms with Crippen molar-refractivity contribution in [2.24, 2.45) is 5.92 Å². The molecule has 0 spiro atoms. The Balaban J connectivity index is 1.64. The van der Waals surface area contributed by atoms with Gasteiger partial charge in [-0.1, -0.05) is 19.9 Å². The number of nitrogens with zero attached hydrogens (tertiary/aromatic N) is 1. The van der Waals surface area contributed by atoms with Crippen LogP contribution in [0.2, 0.25) is 0 Å². The number of rotatable bonds is 8. The first-order chi connectivity index (χ1) is 14.5. The highest BCUT2D eigenvalue weighted by Gasteiger charge is 2.28. The standard InChI is InChI=1S/C22H28FN3O3S/c1-15(2)20(25-21(27)16-5-7-17(23)8-6-16)22(28)24-14-18(19-4-3-13-30-19)26-9-11-29-12-10-26/h3-8,13,15,18,20H,9-12,14H2,1-2H3,(H,24,28)(H,25,27). The van der Waals surface area contributed by atoms with Crippen molar-refractivity contribution in [3.05, 3.63) is 58.0 Å². The number of carbonyl (C=O) groups excluding carboxylic acids is 2. The fourth-order valence-corrected chi connectivity index (χ4v) is 4.31. The molecule has 2 heterocycles. The fourth-order valence-electron chi connectivity index (χ4n) is 3.45. The quantitative estimate of drug-likeness (QED) is 0.672. The molecule has 0 bridgehead atoms. The van der Waals surface area contributed by atoms with E-state index in [-0.39, 0.29) is 17.9 Å². The fraction of sp³-hybridized carbons (Fsp3) is 0.455. The van der Waals surface area contributed by atoms with Gasteiger partial charge in [0.15, 0.2) is 0 Å². The number of ether oxygens (including phenoxy) is 1. The van der Waals surface area contributed by atoms with Crippen molar-refractivity contribution in [2.75, 3.05) is 32.8 Å². The van der Waals surface area contributed by atoms with E-state index in [0.717, 1.165) is 13.1 Å². The van der Waals surface area contributed by atoms with Gasteiger partial charge in [-0.3, -0.25) is 14.5 Å². The average molecular weight is 434 g/mol. The van der Waals surface area contributed by atoms with E-state index in [2.05, 4.69) is 21.6 Å². The minimum atomic E-state index is -0.684. The van der Waals surface area contributed by atoms with Crippen molar-refractivity contribution in [2.45, 2.75) is 25.9 Å². The molecule has 0 radical (unpaired) electrons. The minimum Gasteiger partial charge on any atom is -0.379 e. The molecule has 8 heteroatoms. The first kappa shape index (κ1) is 22.4. The van der Waals surface area contributed by atoms with Crippen molar-refractivity contribution in [3.63, 3.8) is 0 Å². The highest BCUT2D eigenvalue weighted by Crippen LogP contribution is 2.25. The van der Waals surface area contributed by atoms with Crippen LogP contribution < -0.4 is 10.6 Å². The molecule has 0 saturated carbocycles. The third-order valence-electron chi connectivity index (χ3n) is 5.17. The molecule has 1 aliphatic heterocycles. The van der Waals surface area contributed by atoms with Crippen LogP contribution in [0.25, 0.3) is 0 Å². The Labute approximate surface area is 180 Å². The molecule has 162 valence electrons. The normalized spacial score (nSPS) is 16.8. The molecular formula is C22H28FN3O3S. The zero-order valence-corrected chi connectivity index (χ0v) is 18.1. The van der Waals surface area contributed by atoms with E-state index in [9.17, 15) is 14.0 Å². The number of thiophene rings is 1. The van der Waals surface area contributed by atoms with E-state index >= 15 is 0 Å². The molecule has 2 unspecified atom stereocenters. The smallest absolute Gasteiger partial charge is 0.251 e. The Morgan fingerprint density at radius 3 is 2.47 bits per heavy atom. The first-order valence-corrected chi connectivity index (χ1v) is 11.0. The van der Waals surface area contributed by atoms with Gasteiger partial charge in [0.1, 0.15) is 11.9 Å². The Bertz CT molecular complexity index is 821. The van der Waals surface area contributed by atoms with Gasteiger partial charge in [-0.25, -0.2) is 4.39 Å². The summed E-state index contributed by atoms with van der Waals surface area (Å²) in [5.41, 5.74) is 0.319. The summed E-state index contributed by atoms with van der Waals surface area (Å²) in [5.74, 6) is -1.13. The molecule has 1 aliphatic rings. The predicted octanol–water partition coefficient (Wildman–Crippen LogP) is 2.83. The van der Waals surface area contributed by atoms with Gasteiger partial charge in [-0.05, 0) is 41.6 Å². The highest BCUT2D eigenvalue weighted by atomic mass is 32.1. The van der Waals surface area contributed by atoms with Gasteiger partial charge >= 0.3 is 0 Å². The molecule has 2 atom stereocenters. The Kier molecular flexibility index (Phi) is 7.95. The maximum Gasteiger partial charge on any atom is 0.251 e. The number of morpholine rings is 1. The lowest BCUT2D eigenvalue weighted by Gasteiger charge is -2.34. The maximum absolute atomic E-state index is 13.1. The molecule has 1 saturated heterocycles. The summed E-state index contributed by atoms with van der Waals surface area (Å²) in [7, 11) is 0. The number of halogens is 1. The summed E-state index contributed by atoms with van der Waals surface area (Å²) in [6.45, 7) is 7.20. The van der Waals surface area contributed by atoms with Crippen LogP contribution in [0.1, 0.15) is 35.1 Å². The number of amides is 2. The highest BCUT2D eigenvalue weighted by molar-refractivity contribution is 7.10. The number of nitrogens with one attached hydrogen (secondary N) is 2. The summed E-state index contributed by atoms with van der Waals surface area (Å²) < 4.78 is 18.6. The summed E-state index contributed by atoms with van der Waals surface area (Å²) in [4.78, 5) is 29.0. The van der Waals surface area contributed by atoms with Crippen molar-refractivity contribution in [1.29, 1.82) is 0 Å². The van der Waals surface area contributed by atoms with Crippen LogP contribution in [0.3, 0.4) is 0 Å². The van der Waals surface area contributed by atoms with Crippen molar-refractivity contribution in [3.8, 4) is 0 Å². The summed E-state index contributed by atoms with van der Waals surface area (Å²) in [6.07, 6.45) is 0. The lowest BCUT2D eigenvalue weighted by Crippen LogP contribution is -2.51. The van der Waals surface area contributed by atoms with E-state index in [1.165, 1.54) is 29.1 Å². The topological polar surface area (TPSA) is 70.7 Å². The first-order valence-electron chi connectivity index (χ1n) is 10.1. The molecule has 30 heavy (non-hydrogen) atoms. The SMILES string of the molecule is CC(C)C(NC(=O)c1ccc(F)cc1)C(=O)NCC(c1cccs1)N1CCOCC1. The van der Waals surface area contributed by atoms with E-state index in [1.54, 1.807) is 11.3 Å². The van der Waals surface area contributed by atoms with E-state index < -0.39 is 17.8 Å². The Hall–Kier alpha value is -2.29. The van der Waals surface area contributed by atoms with Crippen LogP contribution in [0, 0.1) is 11.7 Å². The number of benzene rings is 1. The van der Waals surface area contributed by atoms with Gasteiger partial charge in [0.25, 0.3) is 5.91 Å². The van der Waals surface area contributed by atoms with Crippen molar-refractivity contribution >= 4 is 23.2 Å². The molecule has 2 N–H and O–H groups in total. The molecule has 2 amide bonds. The molecule has 1 aromatic carbocycles. The molecule has 6 nitrogen and oxygen atoms in total. The van der Waals surface area contributed by atoms with E-state index in [0.29, 0.717) is 25.3 Å². The van der Waals surface area contributed by atoms with E-state index in [4.69, 9.17) is 4.74 Å². The monoisotopic (exact) mass is 433 g/mol. The Morgan fingerprint density at radius 1 is 1.17 bits per heavy atom. The second kappa shape index (κ2) is 10.7. The number of hydrogen-bond acceptors (Lipinski definition) is 5. The second-order valence-corrected chi connectivity index (χ2v) is 8.61. The van der Waals surface area contributed by atoms with Gasteiger partial charge in [0, 0.05) is 30.1 Å². The lowest BCUT2D eigenvalue weighted by molar-refractivity contribution is -0.124. The van der Waals surface area contributed by atoms with E-state index in [1.807, 2.05) is 25.3 Å². The average Bonchev–Trinajstić information content (AvgIpc) is 3.27. The van der Waals surface area contributed by atoms with Crippen LogP contribution >= 0.6 is 11.3 Å². The van der Waals surface area contributed by atoms with Gasteiger partial charge in [0.05, 0.1) is 19.3 Å². The lowest BCUT2D eigenvalue weighted by atomic mass is 10.0. The van der Waals surface area contributed by atoms with Crippen molar-refractivity contribution < 1.29 is 18.7 Å². The van der Waals surface area contributed by atoms with Crippen LogP contribution in [-0.4, -0.2) is 55.6 Å². The van der Waals surface area contributed by atoms with Crippen LogP contribution in [-0.2, 0) is 9.53 Å². The van der Waals surface area contributed by atoms with Gasteiger partial charge in [-0.15, -0.1) is 11.3 Å². The summed E-state index contributed by atoms with van der Waals surface area (Å²) in [5, 5.41) is 7.84. The van der Waals surface area contributed by atoms with Gasteiger partial charge < -0.3 is 15.4 Å². The molecule has 0 aliphatic carbocycles. The van der Waals surface area contributed by atoms with Gasteiger partial charge in [0.2, 0.25) is 5.91 Å². The van der Waals surface area contributed by atoms with Crippen molar-refractivity contribution in [1.82, 2.24) is 15.5 Å². The van der Waals surface area contributed by atoms with Crippen LogP contribution in [0.5, 0.6) is 0 Å². The maximum atomic E-state index is 13.1. The number of hydrogen-bond donors (Lipinski definition) is 2. The third-order valence-corrected chi connectivity index (χ3v) is 6.14. The predicted molar refractivity (Wildman–Crippen MR) is 115 cm³/mol. The zero-order chi connectivity index (χ0) is 21.5. The minimum absolute atomic E-state index is 0.0680. The number of carbonyl (C=O) groups is 2. The molecule has 3 rings (SSSR count). The second-order valence-electron chi connectivity index (χ2n) is 7.63. The van der Waals surface area contributed by atoms with Gasteiger partial charge in [-0.2, -0.15) is 0 Å². The third kappa shape index (κ3) is 5.87. The van der Waals surface area contributed by atoms with Crippen LogP contribution in [0.15, 0.2) is 41.8 Å². The van der Waals surface area contributed by atoms with Crippen LogP contribution in [0.4, 0.5) is 4.39 Å². The molecular weight excluding hydrogens is 405 g/mol.